The van der Waals surface area contributed by atoms with Crippen LogP contribution in [-0.4, -0.2) is 0 Å². The zero-order valence-electron chi connectivity index (χ0n) is 8.01. The molecule has 0 amide bonds. The van der Waals surface area contributed by atoms with Gasteiger partial charge in [0.1, 0.15) is 0 Å². The van der Waals surface area contributed by atoms with Crippen molar-refractivity contribution in [3.05, 3.63) is 35.4 Å². The molecule has 0 unspecified atom stereocenters. The number of nitrogens with two attached hydrogens (primary N) is 1. The molecule has 0 fully saturated rings. The van der Waals surface area contributed by atoms with Gasteiger partial charge >= 0.3 is 0 Å². The second-order valence-corrected chi connectivity index (χ2v) is 3.54. The number of fused-ring (bicyclic) bond motifs is 1. The van der Waals surface area contributed by atoms with E-state index >= 15 is 0 Å². The maximum Gasteiger partial charge on any atom is 0.0317 e. The Bertz CT molecular complexity index is 350. The van der Waals surface area contributed by atoms with E-state index in [-0.39, 0.29) is 0 Å². The number of benzene rings is 1. The van der Waals surface area contributed by atoms with E-state index in [1.807, 2.05) is 6.07 Å². The molecule has 1 aliphatic carbocycles. The number of hydrogen-bond donors (Lipinski definition) is 1. The first kappa shape index (κ1) is 8.36. The van der Waals surface area contributed by atoms with Gasteiger partial charge in [-0.05, 0) is 48.1 Å². The molecule has 0 aromatic heterocycles. The van der Waals surface area contributed by atoms with Crippen molar-refractivity contribution in [2.45, 2.75) is 26.2 Å². The van der Waals surface area contributed by atoms with Crippen LogP contribution in [0.2, 0.25) is 0 Å². The average molecular weight is 173 g/mol. The number of anilines is 1. The highest BCUT2D eigenvalue weighted by atomic mass is 14.5. The van der Waals surface area contributed by atoms with E-state index in [1.165, 1.54) is 23.1 Å². The Morgan fingerprint density at radius 3 is 3.00 bits per heavy atom. The first-order chi connectivity index (χ1) is 6.31. The van der Waals surface area contributed by atoms with Crippen LogP contribution in [0, 0.1) is 0 Å². The standard InChI is InChI=1S/C12H15N/c1-2-9-4-3-5-10-8-11(13)6-7-12(9)10/h4,6-8H,2-3,5,13H2,1H3. The molecule has 0 atom stereocenters. The Balaban J connectivity index is 2.49. The molecule has 13 heavy (non-hydrogen) atoms. The summed E-state index contributed by atoms with van der Waals surface area (Å²) in [5.74, 6) is 0. The summed E-state index contributed by atoms with van der Waals surface area (Å²) in [5, 5.41) is 0. The highest BCUT2D eigenvalue weighted by Crippen LogP contribution is 2.29. The molecule has 68 valence electrons. The van der Waals surface area contributed by atoms with E-state index in [0.29, 0.717) is 0 Å². The highest BCUT2D eigenvalue weighted by Gasteiger charge is 2.10. The zero-order chi connectivity index (χ0) is 9.26. The number of nitrogen functional groups attached to an aromatic ring is 1. The summed E-state index contributed by atoms with van der Waals surface area (Å²) in [6.45, 7) is 2.21. The lowest BCUT2D eigenvalue weighted by Crippen LogP contribution is -2.00. The van der Waals surface area contributed by atoms with Gasteiger partial charge in [0, 0.05) is 5.69 Å². The highest BCUT2D eigenvalue weighted by molar-refractivity contribution is 5.71. The van der Waals surface area contributed by atoms with Crippen LogP contribution in [0.4, 0.5) is 5.69 Å². The van der Waals surface area contributed by atoms with Crippen LogP contribution >= 0.6 is 0 Å². The molecule has 0 bridgehead atoms. The topological polar surface area (TPSA) is 26.0 Å². The van der Waals surface area contributed by atoms with E-state index < -0.39 is 0 Å². The minimum atomic E-state index is 0.885. The Morgan fingerprint density at radius 2 is 2.23 bits per heavy atom. The van der Waals surface area contributed by atoms with Gasteiger partial charge in [0.25, 0.3) is 0 Å². The summed E-state index contributed by atoms with van der Waals surface area (Å²) in [6, 6.07) is 6.25. The maximum atomic E-state index is 5.75. The smallest absolute Gasteiger partial charge is 0.0317 e. The van der Waals surface area contributed by atoms with Crippen molar-refractivity contribution < 1.29 is 0 Å². The van der Waals surface area contributed by atoms with Gasteiger partial charge in [0.05, 0.1) is 0 Å². The molecular formula is C12H15N. The fraction of sp³-hybridized carbons (Fsp3) is 0.333. The van der Waals surface area contributed by atoms with Gasteiger partial charge in [0.2, 0.25) is 0 Å². The zero-order valence-corrected chi connectivity index (χ0v) is 8.01. The second-order valence-electron chi connectivity index (χ2n) is 3.54. The normalized spacial score (nSPS) is 15.0. The lowest BCUT2D eigenvalue weighted by atomic mass is 9.89. The van der Waals surface area contributed by atoms with E-state index in [9.17, 15) is 0 Å². The number of hydrogen-bond acceptors (Lipinski definition) is 1. The molecule has 1 aliphatic rings. The lowest BCUT2D eigenvalue weighted by molar-refractivity contribution is 0.964. The minimum Gasteiger partial charge on any atom is -0.399 e. The molecular weight excluding hydrogens is 158 g/mol. The molecule has 1 aromatic rings. The molecule has 2 rings (SSSR count). The van der Waals surface area contributed by atoms with Crippen molar-refractivity contribution in [3.8, 4) is 0 Å². The van der Waals surface area contributed by atoms with E-state index in [4.69, 9.17) is 5.73 Å². The molecule has 1 nitrogen and oxygen atoms in total. The number of aryl methyl sites for hydroxylation is 1. The van der Waals surface area contributed by atoms with Crippen LogP contribution < -0.4 is 5.73 Å². The lowest BCUT2D eigenvalue weighted by Gasteiger charge is -2.16. The van der Waals surface area contributed by atoms with Crippen LogP contribution in [0.1, 0.15) is 30.9 Å². The van der Waals surface area contributed by atoms with Crippen LogP contribution in [0.3, 0.4) is 0 Å². The summed E-state index contributed by atoms with van der Waals surface area (Å²) in [4.78, 5) is 0. The summed E-state index contributed by atoms with van der Waals surface area (Å²) in [7, 11) is 0. The third-order valence-corrected chi connectivity index (χ3v) is 2.66. The molecule has 2 N–H and O–H groups in total. The summed E-state index contributed by atoms with van der Waals surface area (Å²) in [6.07, 6.45) is 5.78. The Morgan fingerprint density at radius 1 is 1.38 bits per heavy atom. The van der Waals surface area contributed by atoms with E-state index in [1.54, 1.807) is 0 Å². The fourth-order valence-electron chi connectivity index (χ4n) is 1.98. The van der Waals surface area contributed by atoms with Crippen LogP contribution in [-0.2, 0) is 6.42 Å². The number of rotatable bonds is 1. The van der Waals surface area contributed by atoms with Crippen molar-refractivity contribution in [1.29, 1.82) is 0 Å². The molecule has 0 saturated carbocycles. The largest absolute Gasteiger partial charge is 0.399 e. The Kier molecular flexibility index (Phi) is 2.09. The van der Waals surface area contributed by atoms with E-state index in [0.717, 1.165) is 18.5 Å². The van der Waals surface area contributed by atoms with Crippen molar-refractivity contribution in [2.24, 2.45) is 0 Å². The first-order valence-electron chi connectivity index (χ1n) is 4.89. The minimum absolute atomic E-state index is 0.885. The first-order valence-corrected chi connectivity index (χ1v) is 4.89. The molecule has 0 radical (unpaired) electrons. The van der Waals surface area contributed by atoms with Gasteiger partial charge in [-0.1, -0.05) is 19.1 Å². The molecule has 0 spiro atoms. The van der Waals surface area contributed by atoms with Gasteiger partial charge in [-0.3, -0.25) is 0 Å². The van der Waals surface area contributed by atoms with Gasteiger partial charge in [-0.2, -0.15) is 0 Å². The van der Waals surface area contributed by atoms with Crippen LogP contribution in [0.15, 0.2) is 24.3 Å². The molecule has 0 aliphatic heterocycles. The Hall–Kier alpha value is -1.24. The van der Waals surface area contributed by atoms with Crippen molar-refractivity contribution >= 4 is 11.3 Å². The summed E-state index contributed by atoms with van der Waals surface area (Å²) >= 11 is 0. The monoisotopic (exact) mass is 173 g/mol. The maximum absolute atomic E-state index is 5.75. The molecule has 0 heterocycles. The summed E-state index contributed by atoms with van der Waals surface area (Å²) in [5.41, 5.74) is 10.9. The molecule has 1 heteroatoms. The van der Waals surface area contributed by atoms with Gasteiger partial charge < -0.3 is 5.73 Å². The predicted octanol–water partition coefficient (Wildman–Crippen LogP) is 3.01. The number of allylic oxidation sites excluding steroid dienone is 2. The van der Waals surface area contributed by atoms with Gasteiger partial charge in [-0.25, -0.2) is 0 Å². The molecule has 1 aromatic carbocycles. The van der Waals surface area contributed by atoms with Crippen molar-refractivity contribution in [2.75, 3.05) is 5.73 Å². The third kappa shape index (κ3) is 1.46. The van der Waals surface area contributed by atoms with Crippen molar-refractivity contribution in [1.82, 2.24) is 0 Å². The predicted molar refractivity (Wildman–Crippen MR) is 57.4 cm³/mol. The quantitative estimate of drug-likeness (QED) is 0.649. The molecule has 0 saturated heterocycles. The SMILES string of the molecule is CCC1=CCCc2cc(N)ccc21. The van der Waals surface area contributed by atoms with Crippen LogP contribution in [0.5, 0.6) is 0 Å². The van der Waals surface area contributed by atoms with Crippen LogP contribution in [0.25, 0.3) is 5.57 Å². The van der Waals surface area contributed by atoms with E-state index in [2.05, 4.69) is 25.1 Å². The average Bonchev–Trinajstić information content (AvgIpc) is 2.16. The van der Waals surface area contributed by atoms with Gasteiger partial charge in [-0.15, -0.1) is 0 Å². The summed E-state index contributed by atoms with van der Waals surface area (Å²) < 4.78 is 0. The fourth-order valence-corrected chi connectivity index (χ4v) is 1.98. The Labute approximate surface area is 79.3 Å². The van der Waals surface area contributed by atoms with Crippen molar-refractivity contribution in [3.63, 3.8) is 0 Å². The third-order valence-electron chi connectivity index (χ3n) is 2.66. The second kappa shape index (κ2) is 3.25. The van der Waals surface area contributed by atoms with Gasteiger partial charge in [0.15, 0.2) is 0 Å².